The van der Waals surface area contributed by atoms with E-state index in [2.05, 4.69) is 371 Å². The van der Waals surface area contributed by atoms with Crippen LogP contribution in [0.25, 0.3) is 121 Å². The van der Waals surface area contributed by atoms with Gasteiger partial charge in [0.15, 0.2) is 0 Å². The van der Waals surface area contributed by atoms with Gasteiger partial charge in [-0.25, -0.2) is 0 Å². The average Bonchev–Trinajstić information content (AvgIpc) is 1.59. The fourth-order valence-electron chi connectivity index (χ4n) is 13.5. The Balaban J connectivity index is 0.830. The molecule has 0 N–H and O–H groups in total. The number of benzene rings is 15. The number of nitrogens with zero attached hydrogens (tertiary/aromatic N) is 4. The van der Waals surface area contributed by atoms with Crippen molar-refractivity contribution in [3.63, 3.8) is 0 Å². The van der Waals surface area contributed by atoms with Crippen LogP contribution in [0, 0.1) is 0 Å². The summed E-state index contributed by atoms with van der Waals surface area (Å²) in [5.74, 6) is 0. The monoisotopic (exact) mass is 1150 g/mol. The van der Waals surface area contributed by atoms with Crippen molar-refractivity contribution >= 4 is 99.0 Å². The van der Waals surface area contributed by atoms with Crippen LogP contribution >= 0.6 is 0 Å². The van der Waals surface area contributed by atoms with E-state index in [1.807, 2.05) is 0 Å². The number of para-hydroxylation sites is 2. The van der Waals surface area contributed by atoms with E-state index in [1.54, 1.807) is 0 Å². The van der Waals surface area contributed by atoms with E-state index in [4.69, 9.17) is 0 Å². The van der Waals surface area contributed by atoms with Crippen molar-refractivity contribution in [3.05, 3.63) is 352 Å². The number of hydrogen-bond donors (Lipinski definition) is 0. The molecule has 0 atom stereocenters. The van der Waals surface area contributed by atoms with Gasteiger partial charge in [-0.1, -0.05) is 218 Å². The average molecular weight is 1150 g/mol. The van der Waals surface area contributed by atoms with E-state index >= 15 is 0 Å². The van der Waals surface area contributed by atoms with Crippen LogP contribution in [0.15, 0.2) is 352 Å². The van der Waals surface area contributed by atoms with Crippen molar-refractivity contribution in [1.29, 1.82) is 0 Å². The maximum atomic E-state index is 2.46. The van der Waals surface area contributed by atoms with Gasteiger partial charge in [0.2, 0.25) is 0 Å². The van der Waals surface area contributed by atoms with Crippen molar-refractivity contribution in [1.82, 2.24) is 9.13 Å². The zero-order valence-electron chi connectivity index (χ0n) is 49.3. The summed E-state index contributed by atoms with van der Waals surface area (Å²) in [6.45, 7) is 0. The number of aromatic nitrogens is 2. The van der Waals surface area contributed by atoms with E-state index in [0.29, 0.717) is 0 Å². The Bertz CT molecular complexity index is 5160. The summed E-state index contributed by atoms with van der Waals surface area (Å²) in [4.78, 5) is 4.71. The third-order valence-corrected chi connectivity index (χ3v) is 18.0. The van der Waals surface area contributed by atoms with Crippen LogP contribution in [-0.2, 0) is 0 Å². The highest BCUT2D eigenvalue weighted by Crippen LogP contribution is 2.43. The highest BCUT2D eigenvalue weighted by molar-refractivity contribution is 6.03. The van der Waals surface area contributed by atoms with Gasteiger partial charge in [-0.05, 0) is 210 Å². The van der Waals surface area contributed by atoms with Crippen molar-refractivity contribution < 1.29 is 0 Å². The van der Waals surface area contributed by atoms with Gasteiger partial charge in [-0.3, -0.25) is 0 Å². The maximum absolute atomic E-state index is 2.46. The topological polar surface area (TPSA) is 16.3 Å². The molecule has 0 saturated heterocycles. The Kier molecular flexibility index (Phi) is 12.8. The third-order valence-electron chi connectivity index (χ3n) is 18.0. The molecule has 422 valence electrons. The van der Waals surface area contributed by atoms with Crippen molar-refractivity contribution in [2.24, 2.45) is 0 Å². The van der Waals surface area contributed by atoms with Crippen molar-refractivity contribution in [3.8, 4) is 56.1 Å². The molecule has 0 unspecified atom stereocenters. The normalized spacial score (nSPS) is 11.6. The molecule has 90 heavy (non-hydrogen) atoms. The minimum Gasteiger partial charge on any atom is -0.310 e. The molecule has 0 fully saturated rings. The predicted octanol–water partition coefficient (Wildman–Crippen LogP) is 23.8. The lowest BCUT2D eigenvalue weighted by Gasteiger charge is -2.26. The zero-order chi connectivity index (χ0) is 59.5. The molecule has 0 aliphatic carbocycles. The molecule has 0 saturated carbocycles. The summed E-state index contributed by atoms with van der Waals surface area (Å²) >= 11 is 0. The Morgan fingerprint density at radius 3 is 0.811 bits per heavy atom. The lowest BCUT2D eigenvalue weighted by atomic mass is 9.99. The van der Waals surface area contributed by atoms with Crippen LogP contribution in [0.1, 0.15) is 0 Å². The fraction of sp³-hybridized carbons (Fsp3) is 0. The van der Waals surface area contributed by atoms with E-state index in [-0.39, 0.29) is 0 Å². The van der Waals surface area contributed by atoms with Crippen LogP contribution in [0.2, 0.25) is 0 Å². The molecular formula is C86H58N4. The summed E-state index contributed by atoms with van der Waals surface area (Å²) in [5.41, 5.74) is 20.2. The largest absolute Gasteiger partial charge is 0.310 e. The third kappa shape index (κ3) is 9.52. The molecule has 2 aromatic heterocycles. The SMILES string of the molecule is c1ccc(N(c2ccc(-n3c(-c4ccc(-c5ccc6ccccc6c5)cc4)cc4cc5c(cc(-c6ccc(-c7ccc8ccccc8c7)cc6)n5-c5ccc(N(c6ccccc6)c6ccc7ccccc7c6)cc5)cc43)cc2)c2ccc3ccccc3c2)cc1. The molecule has 2 heterocycles. The molecule has 0 spiro atoms. The first-order valence-corrected chi connectivity index (χ1v) is 30.9. The molecule has 0 aliphatic rings. The molecule has 4 nitrogen and oxygen atoms in total. The molecular weight excluding hydrogens is 1090 g/mol. The van der Waals surface area contributed by atoms with Gasteiger partial charge in [0, 0.05) is 56.3 Å². The van der Waals surface area contributed by atoms with Gasteiger partial charge >= 0.3 is 0 Å². The van der Waals surface area contributed by atoms with Crippen LogP contribution in [0.3, 0.4) is 0 Å². The first-order chi connectivity index (χ1) is 44.6. The van der Waals surface area contributed by atoms with Gasteiger partial charge in [-0.2, -0.15) is 0 Å². The van der Waals surface area contributed by atoms with Crippen LogP contribution in [0.4, 0.5) is 34.1 Å². The Labute approximate surface area is 522 Å². The minimum absolute atomic E-state index is 1.07. The second-order valence-corrected chi connectivity index (χ2v) is 23.4. The van der Waals surface area contributed by atoms with Gasteiger partial charge in [-0.15, -0.1) is 0 Å². The smallest absolute Gasteiger partial charge is 0.0542 e. The van der Waals surface area contributed by atoms with Crippen LogP contribution < -0.4 is 9.80 Å². The second kappa shape index (κ2) is 22.1. The Morgan fingerprint density at radius 2 is 0.444 bits per heavy atom. The summed E-state index contributed by atoms with van der Waals surface area (Å²) in [7, 11) is 0. The standard InChI is InChI=1S/C86H58N4/c1-3-23-75(24-4-1)87(81-41-39-61-17-9-13-21-69(61)53-81)77-43-47-79(48-44-77)89-83(65-33-27-63(28-34-65)71-37-31-59-15-7-11-19-67(59)51-71)55-73-58-86-74(57-85(73)89)56-84(66-35-29-64(30-36-66)72-38-32-60-16-8-12-20-68(60)52-72)90(86)80-49-45-78(46-50-80)88(76-25-5-2-6-26-76)82-42-40-62-18-10-14-22-70(62)54-82/h1-58H. The zero-order valence-corrected chi connectivity index (χ0v) is 49.3. The lowest BCUT2D eigenvalue weighted by molar-refractivity contribution is 1.13. The van der Waals surface area contributed by atoms with Gasteiger partial charge in [0.05, 0.1) is 22.4 Å². The molecule has 0 amide bonds. The number of hydrogen-bond acceptors (Lipinski definition) is 2. The van der Waals surface area contributed by atoms with E-state index < -0.39 is 0 Å². The van der Waals surface area contributed by atoms with Crippen molar-refractivity contribution in [2.45, 2.75) is 0 Å². The molecule has 0 aliphatic heterocycles. The molecule has 0 bridgehead atoms. The van der Waals surface area contributed by atoms with E-state index in [1.165, 1.54) is 65.3 Å². The number of fused-ring (bicyclic) bond motifs is 6. The highest BCUT2D eigenvalue weighted by Gasteiger charge is 2.22. The summed E-state index contributed by atoms with van der Waals surface area (Å²) in [6, 6.07) is 129. The van der Waals surface area contributed by atoms with Gasteiger partial charge < -0.3 is 18.9 Å². The van der Waals surface area contributed by atoms with E-state index in [0.717, 1.165) is 89.8 Å². The number of anilines is 6. The van der Waals surface area contributed by atoms with Crippen LogP contribution in [-0.4, -0.2) is 9.13 Å². The molecule has 0 radical (unpaired) electrons. The first kappa shape index (κ1) is 52.4. The van der Waals surface area contributed by atoms with Crippen LogP contribution in [0.5, 0.6) is 0 Å². The number of rotatable bonds is 12. The summed E-state index contributed by atoms with van der Waals surface area (Å²) in [6.07, 6.45) is 0. The molecule has 15 aromatic carbocycles. The Hall–Kier alpha value is -12.0. The first-order valence-electron chi connectivity index (χ1n) is 30.9. The minimum atomic E-state index is 1.07. The lowest BCUT2D eigenvalue weighted by Crippen LogP contribution is -2.10. The van der Waals surface area contributed by atoms with Crippen molar-refractivity contribution in [2.75, 3.05) is 9.80 Å². The van der Waals surface area contributed by atoms with E-state index in [9.17, 15) is 0 Å². The Morgan fingerprint density at radius 1 is 0.167 bits per heavy atom. The molecule has 4 heteroatoms. The summed E-state index contributed by atoms with van der Waals surface area (Å²) in [5, 5.41) is 12.1. The quantitative estimate of drug-likeness (QED) is 0.121. The van der Waals surface area contributed by atoms with Gasteiger partial charge in [0.1, 0.15) is 0 Å². The molecule has 17 aromatic rings. The fourth-order valence-corrected chi connectivity index (χ4v) is 13.5. The highest BCUT2D eigenvalue weighted by atomic mass is 15.1. The molecule has 17 rings (SSSR count). The summed E-state index contributed by atoms with van der Waals surface area (Å²) < 4.78 is 4.92. The second-order valence-electron chi connectivity index (χ2n) is 23.4. The van der Waals surface area contributed by atoms with Gasteiger partial charge in [0.25, 0.3) is 0 Å². The maximum Gasteiger partial charge on any atom is 0.0542 e. The predicted molar refractivity (Wildman–Crippen MR) is 381 cm³/mol.